The molecule has 0 spiro atoms. The predicted molar refractivity (Wildman–Crippen MR) is 107 cm³/mol. The average molecular weight is 343 g/mol. The maximum absolute atomic E-state index is 3.62. The van der Waals surface area contributed by atoms with E-state index in [2.05, 4.69) is 44.2 Å². The molecular weight excluding hydrogens is 300 g/mol. The average Bonchev–Trinajstić information content (AvgIpc) is 2.76. The highest BCUT2D eigenvalue weighted by atomic mass is 28.4. The van der Waals surface area contributed by atoms with E-state index < -0.39 is 16.5 Å². The van der Waals surface area contributed by atoms with E-state index >= 15 is 0 Å². The lowest BCUT2D eigenvalue weighted by Crippen LogP contribution is -2.61. The van der Waals surface area contributed by atoms with E-state index in [1.807, 2.05) is 0 Å². The van der Waals surface area contributed by atoms with Crippen LogP contribution < -0.4 is 5.32 Å². The van der Waals surface area contributed by atoms with Crippen LogP contribution in [0.25, 0.3) is 0 Å². The molecule has 0 aromatic carbocycles. The van der Waals surface area contributed by atoms with Gasteiger partial charge in [0.2, 0.25) is 0 Å². The van der Waals surface area contributed by atoms with Crippen molar-refractivity contribution < 1.29 is 0 Å². The van der Waals surface area contributed by atoms with Gasteiger partial charge in [0, 0.05) is 6.54 Å². The highest BCUT2D eigenvalue weighted by Gasteiger charge is 2.54. The lowest BCUT2D eigenvalue weighted by Gasteiger charge is -2.46. The lowest BCUT2D eigenvalue weighted by molar-refractivity contribution is 0.551. The molecule has 0 aromatic heterocycles. The first-order valence-electron chi connectivity index (χ1n) is 10.1. The van der Waals surface area contributed by atoms with Crippen molar-refractivity contribution in [3.63, 3.8) is 0 Å². The molecule has 4 heteroatoms. The second-order valence-electron chi connectivity index (χ2n) is 7.45. The molecule has 132 valence electrons. The van der Waals surface area contributed by atoms with Crippen LogP contribution in [-0.2, 0) is 0 Å². The Hall–Kier alpha value is 0.354. The number of hydrogen-bond acceptors (Lipinski definition) is 2. The molecule has 0 unspecified atom stereocenters. The van der Waals surface area contributed by atoms with Gasteiger partial charge in [-0.2, -0.15) is 0 Å². The second-order valence-corrected chi connectivity index (χ2v) is 16.9. The van der Waals surface area contributed by atoms with Crippen molar-refractivity contribution in [2.45, 2.75) is 96.6 Å². The van der Waals surface area contributed by atoms with Crippen molar-refractivity contribution >= 4 is 16.5 Å². The van der Waals surface area contributed by atoms with Crippen LogP contribution in [0, 0.1) is 0 Å². The molecule has 0 aliphatic carbocycles. The molecule has 1 rings (SSSR count). The third-order valence-corrected chi connectivity index (χ3v) is 20.0. The molecule has 22 heavy (non-hydrogen) atoms. The van der Waals surface area contributed by atoms with Crippen molar-refractivity contribution in [1.29, 1.82) is 0 Å². The lowest BCUT2D eigenvalue weighted by atomic mass is 10.6. The second kappa shape index (κ2) is 10.3. The van der Waals surface area contributed by atoms with Gasteiger partial charge >= 0.3 is 0 Å². The van der Waals surface area contributed by atoms with Crippen LogP contribution in [0.1, 0.15) is 60.3 Å². The van der Waals surface area contributed by atoms with Crippen LogP contribution in [0.15, 0.2) is 0 Å². The maximum atomic E-state index is 3.62. The first-order chi connectivity index (χ1) is 10.6. The van der Waals surface area contributed by atoms with Crippen LogP contribution in [-0.4, -0.2) is 40.3 Å². The quantitative estimate of drug-likeness (QED) is 0.375. The minimum absolute atomic E-state index is 1.13. The first-order valence-corrected chi connectivity index (χ1v) is 15.3. The third kappa shape index (κ3) is 4.68. The molecule has 1 aliphatic rings. The fourth-order valence-electron chi connectivity index (χ4n) is 5.23. The van der Waals surface area contributed by atoms with Crippen LogP contribution in [0.5, 0.6) is 0 Å². The number of likely N-dealkylation sites (N-methyl/N-ethyl adjacent to an activating group) is 1. The third-order valence-electron chi connectivity index (χ3n) is 5.82. The molecule has 1 N–H and O–H groups in total. The van der Waals surface area contributed by atoms with Gasteiger partial charge < -0.3 is 9.55 Å². The smallest absolute Gasteiger partial charge is 0.121 e. The van der Waals surface area contributed by atoms with Gasteiger partial charge in [-0.25, -0.2) is 0 Å². The summed E-state index contributed by atoms with van der Waals surface area (Å²) in [6, 6.07) is 9.52. The van der Waals surface area contributed by atoms with E-state index in [1.165, 1.54) is 38.8 Å². The molecule has 0 bridgehead atoms. The van der Waals surface area contributed by atoms with Crippen LogP contribution in [0.3, 0.4) is 0 Å². The van der Waals surface area contributed by atoms with E-state index in [9.17, 15) is 0 Å². The van der Waals surface area contributed by atoms with E-state index in [0.29, 0.717) is 0 Å². The van der Waals surface area contributed by atoms with Gasteiger partial charge in [-0.3, -0.25) is 0 Å². The van der Waals surface area contributed by atoms with E-state index in [1.54, 1.807) is 36.3 Å². The van der Waals surface area contributed by atoms with Gasteiger partial charge in [0.1, 0.15) is 16.5 Å². The van der Waals surface area contributed by atoms with Crippen molar-refractivity contribution in [3.05, 3.63) is 0 Å². The zero-order chi connectivity index (χ0) is 16.5. The number of rotatable bonds is 12. The Morgan fingerprint density at radius 3 is 1.45 bits per heavy atom. The summed E-state index contributed by atoms with van der Waals surface area (Å²) in [6.07, 6.45) is 5.64. The maximum Gasteiger partial charge on any atom is 0.121 e. The van der Waals surface area contributed by atoms with Crippen LogP contribution in [0.2, 0.25) is 36.3 Å². The highest BCUT2D eigenvalue weighted by Crippen LogP contribution is 2.47. The Bertz CT molecular complexity index is 261. The standard InChI is InChI=1S/C18H42N2Si2/c1-6-13-21(14-7-2)17-18-22(15-8-3,16-9-4)20(21)12-11-19-10-5/h19H,6-18H2,1-5H3. The zero-order valence-electron chi connectivity index (χ0n) is 16.1. The molecule has 0 radical (unpaired) electrons. The van der Waals surface area contributed by atoms with Gasteiger partial charge in [0.15, 0.2) is 0 Å². The van der Waals surface area contributed by atoms with Gasteiger partial charge in [-0.05, 0) is 49.4 Å². The normalized spacial score (nSPS) is 20.6. The molecular formula is C18H42N2Si2. The molecule has 0 aromatic rings. The minimum Gasteiger partial charge on any atom is -0.344 e. The van der Waals surface area contributed by atoms with Crippen molar-refractivity contribution in [1.82, 2.24) is 9.55 Å². The summed E-state index contributed by atoms with van der Waals surface area (Å²) in [7, 11) is -2.33. The molecule has 1 aliphatic heterocycles. The topological polar surface area (TPSA) is 15.3 Å². The Morgan fingerprint density at radius 2 is 1.14 bits per heavy atom. The summed E-state index contributed by atoms with van der Waals surface area (Å²) in [5.74, 6) is 0. The summed E-state index contributed by atoms with van der Waals surface area (Å²) in [5.41, 5.74) is 0. The van der Waals surface area contributed by atoms with Crippen molar-refractivity contribution in [2.24, 2.45) is 0 Å². The largest absolute Gasteiger partial charge is 0.344 e. The van der Waals surface area contributed by atoms with Gasteiger partial charge in [0.05, 0.1) is 0 Å². The van der Waals surface area contributed by atoms with E-state index in [4.69, 9.17) is 0 Å². The van der Waals surface area contributed by atoms with E-state index in [-0.39, 0.29) is 0 Å². The minimum atomic E-state index is -1.17. The summed E-state index contributed by atoms with van der Waals surface area (Å²) in [4.78, 5) is 0. The van der Waals surface area contributed by atoms with Crippen molar-refractivity contribution in [3.8, 4) is 0 Å². The summed E-state index contributed by atoms with van der Waals surface area (Å²) in [6.45, 7) is 15.7. The summed E-state index contributed by atoms with van der Waals surface area (Å²) >= 11 is 0. The summed E-state index contributed by atoms with van der Waals surface area (Å²) < 4.78 is 3.28. The number of hydrogen-bond donors (Lipinski definition) is 1. The monoisotopic (exact) mass is 342 g/mol. The molecule has 1 heterocycles. The molecule has 1 saturated heterocycles. The Balaban J connectivity index is 3.04. The predicted octanol–water partition coefficient (Wildman–Crippen LogP) is 5.44. The van der Waals surface area contributed by atoms with Gasteiger partial charge in [-0.1, -0.05) is 60.3 Å². The van der Waals surface area contributed by atoms with Crippen molar-refractivity contribution in [2.75, 3.05) is 19.6 Å². The van der Waals surface area contributed by atoms with Gasteiger partial charge in [-0.15, -0.1) is 0 Å². The fourth-order valence-corrected chi connectivity index (χ4v) is 23.0. The van der Waals surface area contributed by atoms with E-state index in [0.717, 1.165) is 6.54 Å². The van der Waals surface area contributed by atoms with Gasteiger partial charge in [0.25, 0.3) is 0 Å². The Kier molecular flexibility index (Phi) is 9.52. The Labute approximate surface area is 142 Å². The van der Waals surface area contributed by atoms with Crippen LogP contribution in [0.4, 0.5) is 0 Å². The molecule has 2 nitrogen and oxygen atoms in total. The first kappa shape index (κ1) is 20.4. The zero-order valence-corrected chi connectivity index (χ0v) is 18.1. The highest BCUT2D eigenvalue weighted by molar-refractivity contribution is 6.97. The fraction of sp³-hybridized carbons (Fsp3) is 1.00. The molecule has 0 saturated carbocycles. The molecule has 1 fully saturated rings. The SMILES string of the molecule is CCC[Si]1(CCC)CC[Si](CCC)(CCC)N1CCNCC. The molecule has 0 atom stereocenters. The number of nitrogens with zero attached hydrogens (tertiary/aromatic N) is 1. The molecule has 0 amide bonds. The summed E-state index contributed by atoms with van der Waals surface area (Å²) in [5, 5.41) is 3.62. The number of nitrogens with one attached hydrogen (secondary N) is 1. The Morgan fingerprint density at radius 1 is 0.727 bits per heavy atom. The van der Waals surface area contributed by atoms with Crippen LogP contribution >= 0.6 is 0 Å².